The molecule has 1 unspecified atom stereocenters. The molecule has 1 aliphatic rings. The van der Waals surface area contributed by atoms with Crippen molar-refractivity contribution in [2.45, 2.75) is 19.3 Å². The molecule has 0 aliphatic carbocycles. The van der Waals surface area contributed by atoms with Crippen LogP contribution in [0.3, 0.4) is 0 Å². The highest BCUT2D eigenvalue weighted by molar-refractivity contribution is 6.33. The Morgan fingerprint density at radius 3 is 3.10 bits per heavy atom. The van der Waals surface area contributed by atoms with E-state index in [1.807, 2.05) is 13.0 Å². The Morgan fingerprint density at radius 1 is 1.55 bits per heavy atom. The Labute approximate surface area is 121 Å². The van der Waals surface area contributed by atoms with Gasteiger partial charge >= 0.3 is 0 Å². The van der Waals surface area contributed by atoms with Crippen LogP contribution in [0.5, 0.6) is 0 Å². The van der Waals surface area contributed by atoms with Crippen molar-refractivity contribution in [1.29, 1.82) is 5.26 Å². The van der Waals surface area contributed by atoms with E-state index in [2.05, 4.69) is 21.1 Å². The van der Waals surface area contributed by atoms with E-state index in [-0.39, 0.29) is 0 Å². The molecule has 0 amide bonds. The summed E-state index contributed by atoms with van der Waals surface area (Å²) in [5.41, 5.74) is 2.19. The quantitative estimate of drug-likeness (QED) is 0.850. The summed E-state index contributed by atoms with van der Waals surface area (Å²) in [5, 5.41) is 13.5. The van der Waals surface area contributed by atoms with Crippen molar-refractivity contribution in [3.8, 4) is 6.07 Å². The van der Waals surface area contributed by atoms with Crippen LogP contribution in [0.1, 0.15) is 29.3 Å². The minimum absolute atomic E-state index is 0.336. The molecule has 3 heterocycles. The lowest BCUT2D eigenvalue weighted by Crippen LogP contribution is -2.21. The molecule has 20 heavy (non-hydrogen) atoms. The third-order valence-electron chi connectivity index (χ3n) is 3.63. The summed E-state index contributed by atoms with van der Waals surface area (Å²) < 4.78 is 4.89. The van der Waals surface area contributed by atoms with Crippen molar-refractivity contribution >= 4 is 17.4 Å². The van der Waals surface area contributed by atoms with Crippen LogP contribution in [0.25, 0.3) is 0 Å². The average molecular weight is 289 g/mol. The number of halogens is 1. The van der Waals surface area contributed by atoms with E-state index in [1.165, 1.54) is 0 Å². The number of aromatic nitrogens is 2. The molecule has 1 saturated heterocycles. The second kappa shape index (κ2) is 5.14. The van der Waals surface area contributed by atoms with Crippen LogP contribution in [0.2, 0.25) is 5.02 Å². The molecular weight excluding hydrogens is 276 g/mol. The zero-order valence-corrected chi connectivity index (χ0v) is 11.8. The van der Waals surface area contributed by atoms with Gasteiger partial charge < -0.3 is 9.42 Å². The fourth-order valence-electron chi connectivity index (χ4n) is 2.53. The molecule has 0 radical (unpaired) electrons. The van der Waals surface area contributed by atoms with E-state index in [1.54, 1.807) is 12.3 Å². The molecule has 2 aromatic heterocycles. The third-order valence-corrected chi connectivity index (χ3v) is 3.91. The van der Waals surface area contributed by atoms with Crippen molar-refractivity contribution in [2.75, 3.05) is 18.0 Å². The molecule has 1 atom stereocenters. The maximum Gasteiger partial charge on any atom is 0.147 e. The Kier molecular flexibility index (Phi) is 3.33. The largest absolute Gasteiger partial charge is 0.365 e. The number of anilines is 1. The first-order valence-corrected chi connectivity index (χ1v) is 6.79. The molecule has 0 saturated carbocycles. The van der Waals surface area contributed by atoms with Gasteiger partial charge in [-0.15, -0.1) is 0 Å². The van der Waals surface area contributed by atoms with Gasteiger partial charge in [0.25, 0.3) is 0 Å². The molecule has 3 rings (SSSR count). The molecule has 0 spiro atoms. The van der Waals surface area contributed by atoms with Crippen LogP contribution in [-0.4, -0.2) is 23.2 Å². The van der Waals surface area contributed by atoms with Gasteiger partial charge in [0, 0.05) is 25.1 Å². The van der Waals surface area contributed by atoms with E-state index in [4.69, 9.17) is 21.4 Å². The van der Waals surface area contributed by atoms with Crippen molar-refractivity contribution in [3.05, 3.63) is 40.4 Å². The Morgan fingerprint density at radius 2 is 2.40 bits per heavy atom. The van der Waals surface area contributed by atoms with Crippen LogP contribution in [0, 0.1) is 18.3 Å². The van der Waals surface area contributed by atoms with Gasteiger partial charge in [-0.1, -0.05) is 16.8 Å². The molecule has 0 bridgehead atoms. The summed E-state index contributed by atoms with van der Waals surface area (Å²) in [4.78, 5) is 6.60. The predicted molar refractivity (Wildman–Crippen MR) is 74.8 cm³/mol. The minimum atomic E-state index is 0.336. The highest BCUT2D eigenvalue weighted by Crippen LogP contribution is 2.33. The zero-order chi connectivity index (χ0) is 14.1. The summed E-state index contributed by atoms with van der Waals surface area (Å²) in [6.45, 7) is 3.50. The SMILES string of the molecule is Cc1nc(N2CCC(c3ccon3)C2)c(Cl)cc1C#N. The number of hydrogen-bond donors (Lipinski definition) is 0. The summed E-state index contributed by atoms with van der Waals surface area (Å²) in [5.74, 6) is 1.08. The van der Waals surface area contributed by atoms with Crippen LogP contribution in [0.4, 0.5) is 5.82 Å². The number of nitriles is 1. The lowest BCUT2D eigenvalue weighted by Gasteiger charge is -2.19. The average Bonchev–Trinajstić information content (AvgIpc) is 3.10. The highest BCUT2D eigenvalue weighted by Gasteiger charge is 2.28. The van der Waals surface area contributed by atoms with E-state index in [0.29, 0.717) is 22.2 Å². The molecule has 0 aromatic carbocycles. The monoisotopic (exact) mass is 288 g/mol. The van der Waals surface area contributed by atoms with Gasteiger partial charge in [-0.2, -0.15) is 5.26 Å². The molecule has 1 fully saturated rings. The van der Waals surface area contributed by atoms with Crippen LogP contribution >= 0.6 is 11.6 Å². The molecule has 2 aromatic rings. The third kappa shape index (κ3) is 2.23. The van der Waals surface area contributed by atoms with Crippen molar-refractivity contribution in [2.24, 2.45) is 0 Å². The number of nitrogens with zero attached hydrogens (tertiary/aromatic N) is 4. The number of hydrogen-bond acceptors (Lipinski definition) is 5. The molecule has 0 N–H and O–H groups in total. The standard InChI is InChI=1S/C14H13ClN4O/c1-9-11(7-16)6-12(15)14(17-9)19-4-2-10(8-19)13-3-5-20-18-13/h3,5-6,10H,2,4,8H2,1H3. The van der Waals surface area contributed by atoms with Crippen LogP contribution in [0.15, 0.2) is 22.9 Å². The van der Waals surface area contributed by atoms with Crippen molar-refractivity contribution in [1.82, 2.24) is 10.1 Å². The predicted octanol–water partition coefficient (Wildman–Crippen LogP) is 2.90. The van der Waals surface area contributed by atoms with Gasteiger partial charge in [-0.3, -0.25) is 0 Å². The summed E-state index contributed by atoms with van der Waals surface area (Å²) in [6, 6.07) is 5.68. The lowest BCUT2D eigenvalue weighted by atomic mass is 10.1. The van der Waals surface area contributed by atoms with Crippen molar-refractivity contribution in [3.63, 3.8) is 0 Å². The molecule has 5 nitrogen and oxygen atoms in total. The maximum absolute atomic E-state index is 8.99. The Balaban J connectivity index is 1.85. The van der Waals surface area contributed by atoms with E-state index in [9.17, 15) is 0 Å². The van der Waals surface area contributed by atoms with E-state index < -0.39 is 0 Å². The first kappa shape index (κ1) is 12.9. The molecule has 102 valence electrons. The summed E-state index contributed by atoms with van der Waals surface area (Å²) in [6.07, 6.45) is 2.58. The minimum Gasteiger partial charge on any atom is -0.365 e. The highest BCUT2D eigenvalue weighted by atomic mass is 35.5. The van der Waals surface area contributed by atoms with Gasteiger partial charge in [0.2, 0.25) is 0 Å². The first-order chi connectivity index (χ1) is 9.69. The summed E-state index contributed by atoms with van der Waals surface area (Å²) >= 11 is 6.24. The fraction of sp³-hybridized carbons (Fsp3) is 0.357. The van der Waals surface area contributed by atoms with E-state index >= 15 is 0 Å². The number of pyridine rings is 1. The van der Waals surface area contributed by atoms with E-state index in [0.717, 1.165) is 31.0 Å². The van der Waals surface area contributed by atoms with Crippen LogP contribution < -0.4 is 4.90 Å². The second-order valence-electron chi connectivity index (χ2n) is 4.89. The fourth-order valence-corrected chi connectivity index (χ4v) is 2.80. The number of rotatable bonds is 2. The number of aryl methyl sites for hydroxylation is 1. The van der Waals surface area contributed by atoms with Crippen molar-refractivity contribution < 1.29 is 4.52 Å². The zero-order valence-electron chi connectivity index (χ0n) is 11.0. The first-order valence-electron chi connectivity index (χ1n) is 6.41. The van der Waals surface area contributed by atoms with Gasteiger partial charge in [0.05, 0.1) is 22.0 Å². The van der Waals surface area contributed by atoms with Gasteiger partial charge in [0.1, 0.15) is 18.2 Å². The molecular formula is C14H13ClN4O. The van der Waals surface area contributed by atoms with Gasteiger partial charge in [-0.05, 0) is 19.4 Å². The van der Waals surface area contributed by atoms with Crippen LogP contribution in [-0.2, 0) is 0 Å². The topological polar surface area (TPSA) is 66.0 Å². The normalized spacial score (nSPS) is 18.2. The maximum atomic E-state index is 8.99. The molecule has 1 aliphatic heterocycles. The van der Waals surface area contributed by atoms with Gasteiger partial charge in [0.15, 0.2) is 0 Å². The second-order valence-corrected chi connectivity index (χ2v) is 5.30. The molecule has 6 heteroatoms. The van der Waals surface area contributed by atoms with Gasteiger partial charge in [-0.25, -0.2) is 4.98 Å². The summed E-state index contributed by atoms with van der Waals surface area (Å²) in [7, 11) is 0. The Hall–Kier alpha value is -2.06. The lowest BCUT2D eigenvalue weighted by molar-refractivity contribution is 0.406. The smallest absolute Gasteiger partial charge is 0.147 e. The Bertz CT molecular complexity index is 663.